The maximum absolute atomic E-state index is 12.2. The molecular weight excluding hydrogens is 252 g/mol. The number of rotatable bonds is 6. The number of amides is 1. The van der Waals surface area contributed by atoms with E-state index in [2.05, 4.69) is 4.90 Å². The number of β-amino-alcohol motifs (C(OH)–C–C–N with tert-alkyl or cyclic N) is 1. The molecule has 2 fully saturated rings. The molecule has 4 heteroatoms. The molecule has 1 aliphatic heterocycles. The van der Waals surface area contributed by atoms with Gasteiger partial charge in [-0.15, -0.1) is 0 Å². The first-order valence-corrected chi connectivity index (χ1v) is 8.37. The number of carbonyl (C=O) groups excluding carboxylic acids is 1. The summed E-state index contributed by atoms with van der Waals surface area (Å²) in [6, 6.07) is 0. The lowest BCUT2D eigenvalue weighted by atomic mass is 10.0. The monoisotopic (exact) mass is 282 g/mol. The van der Waals surface area contributed by atoms with Gasteiger partial charge < -0.3 is 10.0 Å². The fourth-order valence-electron chi connectivity index (χ4n) is 3.39. The fourth-order valence-corrected chi connectivity index (χ4v) is 3.39. The maximum Gasteiger partial charge on any atom is 0.222 e. The molecule has 0 bridgehead atoms. The van der Waals surface area contributed by atoms with Crippen molar-refractivity contribution in [1.29, 1.82) is 0 Å². The molecule has 0 aromatic carbocycles. The Morgan fingerprint density at radius 3 is 2.45 bits per heavy atom. The Bertz CT molecular complexity index is 295. The molecule has 116 valence electrons. The normalized spacial score (nSPS) is 23.2. The zero-order valence-corrected chi connectivity index (χ0v) is 12.9. The summed E-state index contributed by atoms with van der Waals surface area (Å²) in [6.07, 6.45) is 7.79. The number of piperazine rings is 1. The Hall–Kier alpha value is -0.610. The van der Waals surface area contributed by atoms with Gasteiger partial charge in [0.15, 0.2) is 0 Å². The van der Waals surface area contributed by atoms with E-state index in [4.69, 9.17) is 0 Å². The third-order valence-corrected chi connectivity index (χ3v) is 4.91. The van der Waals surface area contributed by atoms with Crippen molar-refractivity contribution in [2.45, 2.75) is 58.0 Å². The number of nitrogens with zero attached hydrogens (tertiary/aromatic N) is 2. The molecule has 0 radical (unpaired) electrons. The third kappa shape index (κ3) is 4.74. The summed E-state index contributed by atoms with van der Waals surface area (Å²) < 4.78 is 0. The van der Waals surface area contributed by atoms with E-state index in [0.717, 1.165) is 57.9 Å². The molecule has 1 saturated carbocycles. The van der Waals surface area contributed by atoms with Gasteiger partial charge in [-0.05, 0) is 18.8 Å². The lowest BCUT2D eigenvalue weighted by molar-refractivity contribution is -0.133. The van der Waals surface area contributed by atoms with Crippen LogP contribution in [0.15, 0.2) is 0 Å². The van der Waals surface area contributed by atoms with Crippen LogP contribution in [0.4, 0.5) is 0 Å². The van der Waals surface area contributed by atoms with Crippen LogP contribution in [-0.4, -0.2) is 59.6 Å². The maximum atomic E-state index is 12.2. The first-order chi connectivity index (χ1) is 9.69. The average Bonchev–Trinajstić information content (AvgIpc) is 2.98. The van der Waals surface area contributed by atoms with Gasteiger partial charge in [-0.2, -0.15) is 0 Å². The standard InChI is InChI=1S/C16H30N2O2/c1-2-15(19)13-17-9-11-18(12-10-17)16(20)8-7-14-5-3-4-6-14/h14-15,19H,2-13H2,1H3. The fraction of sp³-hybridized carbons (Fsp3) is 0.938. The molecule has 1 amide bonds. The van der Waals surface area contributed by atoms with Crippen molar-refractivity contribution in [3.8, 4) is 0 Å². The second-order valence-corrected chi connectivity index (χ2v) is 6.43. The first kappa shape index (κ1) is 15.8. The quantitative estimate of drug-likeness (QED) is 0.809. The van der Waals surface area contributed by atoms with Gasteiger partial charge in [0.2, 0.25) is 5.91 Å². The Labute approximate surface area is 123 Å². The predicted octanol–water partition coefficient (Wildman–Crippen LogP) is 1.87. The Kier molecular flexibility index (Phi) is 6.30. The highest BCUT2D eigenvalue weighted by atomic mass is 16.3. The molecule has 2 aliphatic rings. The number of hydrogen-bond acceptors (Lipinski definition) is 3. The number of aliphatic hydroxyl groups is 1. The zero-order chi connectivity index (χ0) is 14.4. The van der Waals surface area contributed by atoms with Crippen LogP contribution in [0.2, 0.25) is 0 Å². The van der Waals surface area contributed by atoms with Crippen LogP contribution in [0, 0.1) is 5.92 Å². The van der Waals surface area contributed by atoms with Crippen LogP contribution < -0.4 is 0 Å². The van der Waals surface area contributed by atoms with Crippen molar-refractivity contribution < 1.29 is 9.90 Å². The van der Waals surface area contributed by atoms with Gasteiger partial charge in [-0.25, -0.2) is 0 Å². The molecular formula is C16H30N2O2. The van der Waals surface area contributed by atoms with E-state index in [1.54, 1.807) is 0 Å². The van der Waals surface area contributed by atoms with Crippen molar-refractivity contribution in [2.24, 2.45) is 5.92 Å². The first-order valence-electron chi connectivity index (χ1n) is 8.37. The minimum atomic E-state index is -0.223. The van der Waals surface area contributed by atoms with Crippen LogP contribution in [0.1, 0.15) is 51.9 Å². The van der Waals surface area contributed by atoms with E-state index in [-0.39, 0.29) is 6.10 Å². The van der Waals surface area contributed by atoms with Crippen molar-refractivity contribution in [2.75, 3.05) is 32.7 Å². The molecule has 4 nitrogen and oxygen atoms in total. The zero-order valence-electron chi connectivity index (χ0n) is 12.9. The SMILES string of the molecule is CCC(O)CN1CCN(C(=O)CCC2CCCC2)CC1. The van der Waals surface area contributed by atoms with Gasteiger partial charge in [0, 0.05) is 39.1 Å². The van der Waals surface area contributed by atoms with Crippen molar-refractivity contribution in [3.05, 3.63) is 0 Å². The molecule has 1 aliphatic carbocycles. The van der Waals surface area contributed by atoms with E-state index in [9.17, 15) is 9.90 Å². The van der Waals surface area contributed by atoms with E-state index in [0.29, 0.717) is 5.91 Å². The Morgan fingerprint density at radius 1 is 1.20 bits per heavy atom. The summed E-state index contributed by atoms with van der Waals surface area (Å²) in [5.41, 5.74) is 0. The van der Waals surface area contributed by atoms with Gasteiger partial charge >= 0.3 is 0 Å². The van der Waals surface area contributed by atoms with E-state index in [1.807, 2.05) is 11.8 Å². The second kappa shape index (κ2) is 7.99. The van der Waals surface area contributed by atoms with E-state index >= 15 is 0 Å². The van der Waals surface area contributed by atoms with Crippen LogP contribution in [0.25, 0.3) is 0 Å². The van der Waals surface area contributed by atoms with Crippen LogP contribution in [0.5, 0.6) is 0 Å². The summed E-state index contributed by atoms with van der Waals surface area (Å²) in [5.74, 6) is 1.15. The lowest BCUT2D eigenvalue weighted by Gasteiger charge is -2.35. The average molecular weight is 282 g/mol. The topological polar surface area (TPSA) is 43.8 Å². The number of carbonyl (C=O) groups is 1. The van der Waals surface area contributed by atoms with Gasteiger partial charge in [-0.3, -0.25) is 9.69 Å². The molecule has 20 heavy (non-hydrogen) atoms. The highest BCUT2D eigenvalue weighted by Crippen LogP contribution is 2.28. The Balaban J connectivity index is 1.63. The lowest BCUT2D eigenvalue weighted by Crippen LogP contribution is -2.50. The smallest absolute Gasteiger partial charge is 0.222 e. The van der Waals surface area contributed by atoms with Crippen molar-refractivity contribution in [3.63, 3.8) is 0 Å². The molecule has 0 spiro atoms. The molecule has 0 aromatic rings. The van der Waals surface area contributed by atoms with Crippen molar-refractivity contribution in [1.82, 2.24) is 9.80 Å². The Morgan fingerprint density at radius 2 is 1.85 bits per heavy atom. The summed E-state index contributed by atoms with van der Waals surface area (Å²) in [5, 5.41) is 9.67. The number of aliphatic hydroxyl groups excluding tert-OH is 1. The van der Waals surface area contributed by atoms with Gasteiger partial charge in [0.25, 0.3) is 0 Å². The molecule has 2 rings (SSSR count). The minimum absolute atomic E-state index is 0.223. The second-order valence-electron chi connectivity index (χ2n) is 6.43. The molecule has 0 aromatic heterocycles. The van der Waals surface area contributed by atoms with E-state index < -0.39 is 0 Å². The predicted molar refractivity (Wildman–Crippen MR) is 80.5 cm³/mol. The minimum Gasteiger partial charge on any atom is -0.392 e. The highest BCUT2D eigenvalue weighted by Gasteiger charge is 2.23. The third-order valence-electron chi connectivity index (χ3n) is 4.91. The number of hydrogen-bond donors (Lipinski definition) is 1. The summed E-state index contributed by atoms with van der Waals surface area (Å²) in [4.78, 5) is 16.5. The molecule has 1 N–H and O–H groups in total. The van der Waals surface area contributed by atoms with Crippen LogP contribution >= 0.6 is 0 Å². The summed E-state index contributed by atoms with van der Waals surface area (Å²) >= 11 is 0. The molecule has 1 heterocycles. The largest absolute Gasteiger partial charge is 0.392 e. The molecule has 1 atom stereocenters. The van der Waals surface area contributed by atoms with Gasteiger partial charge in [-0.1, -0.05) is 32.6 Å². The van der Waals surface area contributed by atoms with Gasteiger partial charge in [0.05, 0.1) is 6.10 Å². The van der Waals surface area contributed by atoms with Gasteiger partial charge in [0.1, 0.15) is 0 Å². The summed E-state index contributed by atoms with van der Waals surface area (Å²) in [6.45, 7) is 6.24. The molecule has 1 unspecified atom stereocenters. The van der Waals surface area contributed by atoms with Crippen molar-refractivity contribution >= 4 is 5.91 Å². The molecule has 1 saturated heterocycles. The van der Waals surface area contributed by atoms with Crippen LogP contribution in [0.3, 0.4) is 0 Å². The highest BCUT2D eigenvalue weighted by molar-refractivity contribution is 5.76. The van der Waals surface area contributed by atoms with E-state index in [1.165, 1.54) is 25.7 Å². The summed E-state index contributed by atoms with van der Waals surface area (Å²) in [7, 11) is 0. The van der Waals surface area contributed by atoms with Crippen LogP contribution in [-0.2, 0) is 4.79 Å².